The Morgan fingerprint density at radius 2 is 2.16 bits per heavy atom. The number of carbonyl (C=O) groups is 2. The Labute approximate surface area is 147 Å². The van der Waals surface area contributed by atoms with Crippen molar-refractivity contribution in [3.05, 3.63) is 53.5 Å². The van der Waals surface area contributed by atoms with Gasteiger partial charge in [-0.05, 0) is 36.4 Å². The summed E-state index contributed by atoms with van der Waals surface area (Å²) in [6.07, 6.45) is 3.12. The van der Waals surface area contributed by atoms with E-state index in [2.05, 4.69) is 15.6 Å². The average Bonchev–Trinajstić information content (AvgIpc) is 3.02. The summed E-state index contributed by atoms with van der Waals surface area (Å²) in [6.45, 7) is 0.00358. The van der Waals surface area contributed by atoms with Crippen LogP contribution < -0.4 is 15.4 Å². The first-order valence-corrected chi connectivity index (χ1v) is 8.40. The van der Waals surface area contributed by atoms with E-state index < -0.39 is 0 Å². The van der Waals surface area contributed by atoms with Crippen LogP contribution in [-0.2, 0) is 9.59 Å². The summed E-state index contributed by atoms with van der Waals surface area (Å²) in [7, 11) is 0. The number of carbonyl (C=O) groups excluding carboxylic acids is 2. The smallest absolute Gasteiger partial charge is 0.262 e. The van der Waals surface area contributed by atoms with E-state index in [9.17, 15) is 9.59 Å². The zero-order chi connectivity index (χ0) is 17.2. The number of thiazole rings is 1. The summed E-state index contributed by atoms with van der Waals surface area (Å²) >= 11 is 1.52. The number of ether oxygens (including phenoxy) is 1. The first-order valence-electron chi connectivity index (χ1n) is 7.59. The minimum Gasteiger partial charge on any atom is -0.482 e. The Hall–Kier alpha value is -3.19. The van der Waals surface area contributed by atoms with Gasteiger partial charge in [-0.15, -0.1) is 11.3 Å². The topological polar surface area (TPSA) is 80.3 Å². The fourth-order valence-electron chi connectivity index (χ4n) is 2.45. The first kappa shape index (κ1) is 15.3. The zero-order valence-corrected chi connectivity index (χ0v) is 13.8. The van der Waals surface area contributed by atoms with Crippen LogP contribution in [0.25, 0.3) is 16.3 Å². The summed E-state index contributed by atoms with van der Waals surface area (Å²) in [4.78, 5) is 27.9. The van der Waals surface area contributed by atoms with Gasteiger partial charge in [0.05, 0.1) is 15.9 Å². The fraction of sp³-hybridized carbons (Fsp3) is 0.0556. The Bertz CT molecular complexity index is 977. The van der Waals surface area contributed by atoms with Crippen molar-refractivity contribution in [2.45, 2.75) is 0 Å². The molecule has 0 unspecified atom stereocenters. The Kier molecular flexibility index (Phi) is 3.91. The van der Waals surface area contributed by atoms with Gasteiger partial charge in [0.15, 0.2) is 6.61 Å². The summed E-state index contributed by atoms with van der Waals surface area (Å²) in [5.41, 5.74) is 2.03. The van der Waals surface area contributed by atoms with Crippen LogP contribution in [0.4, 0.5) is 11.4 Å². The lowest BCUT2D eigenvalue weighted by molar-refractivity contribution is -0.118. The van der Waals surface area contributed by atoms with Crippen LogP contribution in [-0.4, -0.2) is 23.4 Å². The normalized spacial score (nSPS) is 13.4. The Morgan fingerprint density at radius 3 is 3.04 bits per heavy atom. The van der Waals surface area contributed by atoms with E-state index >= 15 is 0 Å². The molecule has 6 nitrogen and oxygen atoms in total. The largest absolute Gasteiger partial charge is 0.482 e. The maximum atomic E-state index is 12.1. The van der Waals surface area contributed by atoms with Gasteiger partial charge >= 0.3 is 0 Å². The molecule has 4 rings (SSSR count). The van der Waals surface area contributed by atoms with Gasteiger partial charge in [-0.1, -0.05) is 12.1 Å². The molecule has 0 radical (unpaired) electrons. The molecule has 2 amide bonds. The molecule has 1 aromatic heterocycles. The first-order chi connectivity index (χ1) is 12.2. The standard InChI is InChI=1S/C18H13N3O3S/c22-16(7-8-18-21-12-3-1-2-4-15(12)25-18)19-11-5-6-14-13(9-11)20-17(23)10-24-14/h1-9H,10H2,(H,19,22)(H,20,23). The molecule has 0 fully saturated rings. The number of anilines is 2. The number of rotatable bonds is 3. The summed E-state index contributed by atoms with van der Waals surface area (Å²) in [6, 6.07) is 12.9. The minimum atomic E-state index is -0.276. The van der Waals surface area contributed by atoms with Crippen LogP contribution in [0.1, 0.15) is 5.01 Å². The fourth-order valence-corrected chi connectivity index (χ4v) is 3.32. The number of para-hydroxylation sites is 1. The van der Waals surface area contributed by atoms with Crippen LogP contribution in [0.3, 0.4) is 0 Å². The van der Waals surface area contributed by atoms with E-state index in [-0.39, 0.29) is 18.4 Å². The lowest BCUT2D eigenvalue weighted by atomic mass is 10.2. The van der Waals surface area contributed by atoms with Crippen molar-refractivity contribution in [1.82, 2.24) is 4.98 Å². The number of amides is 2. The number of nitrogens with one attached hydrogen (secondary N) is 2. The molecule has 1 aliphatic heterocycles. The minimum absolute atomic E-state index is 0.00358. The maximum absolute atomic E-state index is 12.1. The highest BCUT2D eigenvalue weighted by Crippen LogP contribution is 2.30. The van der Waals surface area contributed by atoms with Gasteiger partial charge in [-0.25, -0.2) is 4.98 Å². The van der Waals surface area contributed by atoms with Crippen molar-refractivity contribution in [2.75, 3.05) is 17.2 Å². The van der Waals surface area contributed by atoms with Crippen molar-refractivity contribution < 1.29 is 14.3 Å². The van der Waals surface area contributed by atoms with Crippen molar-refractivity contribution >= 4 is 50.8 Å². The Balaban J connectivity index is 1.46. The van der Waals surface area contributed by atoms with E-state index in [0.717, 1.165) is 15.2 Å². The predicted molar refractivity (Wildman–Crippen MR) is 97.9 cm³/mol. The highest BCUT2D eigenvalue weighted by atomic mass is 32.1. The summed E-state index contributed by atoms with van der Waals surface area (Å²) in [5.74, 6) is 0.0941. The molecular weight excluding hydrogens is 338 g/mol. The van der Waals surface area contributed by atoms with E-state index in [0.29, 0.717) is 17.1 Å². The summed E-state index contributed by atoms with van der Waals surface area (Å²) in [5, 5.41) is 6.23. The van der Waals surface area contributed by atoms with Crippen molar-refractivity contribution in [1.29, 1.82) is 0 Å². The molecule has 7 heteroatoms. The SMILES string of the molecule is O=C(C=Cc1nc2ccccc2s1)Nc1ccc2c(c1)NC(=O)CO2. The predicted octanol–water partition coefficient (Wildman–Crippen LogP) is 3.28. The van der Waals surface area contributed by atoms with E-state index in [1.807, 2.05) is 24.3 Å². The molecule has 0 spiro atoms. The molecule has 0 saturated heterocycles. The summed E-state index contributed by atoms with van der Waals surface area (Å²) < 4.78 is 6.36. The van der Waals surface area contributed by atoms with Crippen molar-refractivity contribution in [2.24, 2.45) is 0 Å². The average molecular weight is 351 g/mol. The zero-order valence-electron chi connectivity index (χ0n) is 13.0. The number of hydrogen-bond acceptors (Lipinski definition) is 5. The molecule has 25 heavy (non-hydrogen) atoms. The number of hydrogen-bond donors (Lipinski definition) is 2. The third-order valence-corrected chi connectivity index (χ3v) is 4.57. The van der Waals surface area contributed by atoms with Gasteiger partial charge in [0, 0.05) is 11.8 Å². The molecule has 124 valence electrons. The van der Waals surface area contributed by atoms with Crippen LogP contribution >= 0.6 is 11.3 Å². The molecule has 2 N–H and O–H groups in total. The van der Waals surface area contributed by atoms with Gasteiger partial charge in [-0.3, -0.25) is 9.59 Å². The molecule has 0 atom stereocenters. The number of nitrogens with zero attached hydrogens (tertiary/aromatic N) is 1. The number of fused-ring (bicyclic) bond motifs is 2. The third kappa shape index (κ3) is 3.36. The quantitative estimate of drug-likeness (QED) is 0.710. The molecule has 2 heterocycles. The van der Waals surface area contributed by atoms with Crippen molar-refractivity contribution in [3.8, 4) is 5.75 Å². The van der Waals surface area contributed by atoms with Gasteiger partial charge < -0.3 is 15.4 Å². The highest BCUT2D eigenvalue weighted by Gasteiger charge is 2.16. The Morgan fingerprint density at radius 1 is 1.28 bits per heavy atom. The molecule has 0 aliphatic carbocycles. The maximum Gasteiger partial charge on any atom is 0.262 e. The van der Waals surface area contributed by atoms with Gasteiger partial charge in [-0.2, -0.15) is 0 Å². The number of benzene rings is 2. The second-order valence-electron chi connectivity index (χ2n) is 5.39. The van der Waals surface area contributed by atoms with Gasteiger partial charge in [0.2, 0.25) is 5.91 Å². The van der Waals surface area contributed by atoms with Crippen LogP contribution in [0.15, 0.2) is 48.5 Å². The van der Waals surface area contributed by atoms with E-state index in [1.54, 1.807) is 24.3 Å². The highest BCUT2D eigenvalue weighted by molar-refractivity contribution is 7.19. The van der Waals surface area contributed by atoms with Crippen molar-refractivity contribution in [3.63, 3.8) is 0 Å². The molecular formula is C18H13N3O3S. The second kappa shape index (κ2) is 6.37. The van der Waals surface area contributed by atoms with Crippen LogP contribution in [0.5, 0.6) is 5.75 Å². The lowest BCUT2D eigenvalue weighted by Crippen LogP contribution is -2.25. The lowest BCUT2D eigenvalue weighted by Gasteiger charge is -2.18. The number of aromatic nitrogens is 1. The molecule has 0 bridgehead atoms. The monoisotopic (exact) mass is 351 g/mol. The van der Waals surface area contributed by atoms with Crippen LogP contribution in [0, 0.1) is 0 Å². The molecule has 1 aliphatic rings. The third-order valence-electron chi connectivity index (χ3n) is 3.57. The second-order valence-corrected chi connectivity index (χ2v) is 6.45. The van der Waals surface area contributed by atoms with E-state index in [1.165, 1.54) is 17.4 Å². The van der Waals surface area contributed by atoms with Gasteiger partial charge in [0.1, 0.15) is 10.8 Å². The molecule has 2 aromatic carbocycles. The van der Waals surface area contributed by atoms with E-state index in [4.69, 9.17) is 4.74 Å². The van der Waals surface area contributed by atoms with Crippen LogP contribution in [0.2, 0.25) is 0 Å². The molecule has 0 saturated carbocycles. The molecule has 3 aromatic rings. The van der Waals surface area contributed by atoms with Gasteiger partial charge in [0.25, 0.3) is 5.91 Å².